The third-order valence-corrected chi connectivity index (χ3v) is 3.76. The molecule has 0 aliphatic rings. The highest BCUT2D eigenvalue weighted by Crippen LogP contribution is 2.22. The number of nitrogens with one attached hydrogen (secondary N) is 1. The monoisotopic (exact) mass is 292 g/mol. The molecule has 0 spiro atoms. The first kappa shape index (κ1) is 14.4. The number of amides is 1. The van der Waals surface area contributed by atoms with Crippen LogP contribution in [0.25, 0.3) is 0 Å². The van der Waals surface area contributed by atoms with Gasteiger partial charge in [0.25, 0.3) is 10.0 Å². The maximum atomic E-state index is 11.7. The Hall–Kier alpha value is -1.64. The molecule has 0 heterocycles. The van der Waals surface area contributed by atoms with E-state index in [1.54, 1.807) is 4.72 Å². The summed E-state index contributed by atoms with van der Waals surface area (Å²) in [5.41, 5.74) is 4.71. The molecule has 9 heteroatoms. The molecule has 0 fully saturated rings. The SMILES string of the molecule is NCC(=O)NS(=O)(=O)c1cc(C(=O)O)ccc1Cl. The van der Waals surface area contributed by atoms with Crippen LogP contribution in [0.15, 0.2) is 23.1 Å². The van der Waals surface area contributed by atoms with Gasteiger partial charge in [0.1, 0.15) is 4.90 Å². The maximum Gasteiger partial charge on any atom is 0.335 e. The quantitative estimate of drug-likeness (QED) is 0.705. The first-order chi connectivity index (χ1) is 8.27. The molecule has 0 aliphatic carbocycles. The Balaban J connectivity index is 3.27. The van der Waals surface area contributed by atoms with E-state index in [9.17, 15) is 18.0 Å². The number of rotatable bonds is 4. The predicted octanol–water partition coefficient (Wildman–Crippen LogP) is -0.198. The minimum atomic E-state index is -4.23. The smallest absolute Gasteiger partial charge is 0.335 e. The number of halogens is 1. The van der Waals surface area contributed by atoms with Crippen molar-refractivity contribution in [3.8, 4) is 0 Å². The van der Waals surface area contributed by atoms with Gasteiger partial charge in [-0.1, -0.05) is 11.6 Å². The number of carboxylic acid groups (broad SMARTS) is 1. The summed E-state index contributed by atoms with van der Waals surface area (Å²) in [5.74, 6) is -2.24. The molecule has 1 rings (SSSR count). The molecule has 0 radical (unpaired) electrons. The van der Waals surface area contributed by atoms with Gasteiger partial charge in [-0.3, -0.25) is 4.79 Å². The fourth-order valence-corrected chi connectivity index (χ4v) is 2.61. The second-order valence-electron chi connectivity index (χ2n) is 3.18. The largest absolute Gasteiger partial charge is 0.478 e. The molecule has 0 bridgehead atoms. The topological polar surface area (TPSA) is 127 Å². The summed E-state index contributed by atoms with van der Waals surface area (Å²) in [4.78, 5) is 21.2. The molecule has 18 heavy (non-hydrogen) atoms. The summed E-state index contributed by atoms with van der Waals surface area (Å²) in [7, 11) is -4.23. The second kappa shape index (κ2) is 5.34. The molecule has 0 saturated carbocycles. The van der Waals surface area contributed by atoms with Crippen molar-refractivity contribution in [2.45, 2.75) is 4.90 Å². The third kappa shape index (κ3) is 3.19. The highest BCUT2D eigenvalue weighted by atomic mass is 35.5. The van der Waals surface area contributed by atoms with Crippen LogP contribution >= 0.6 is 11.6 Å². The molecule has 1 aromatic carbocycles. The molecular formula is C9H9ClN2O5S. The minimum Gasteiger partial charge on any atom is -0.478 e. The summed E-state index contributed by atoms with van der Waals surface area (Å²) in [6.07, 6.45) is 0. The van der Waals surface area contributed by atoms with Crippen molar-refractivity contribution in [1.82, 2.24) is 4.72 Å². The molecule has 1 amide bonds. The van der Waals surface area contributed by atoms with Crippen molar-refractivity contribution in [2.24, 2.45) is 5.73 Å². The van der Waals surface area contributed by atoms with Crippen LogP contribution in [0, 0.1) is 0 Å². The maximum absolute atomic E-state index is 11.7. The number of benzene rings is 1. The molecule has 0 atom stereocenters. The summed E-state index contributed by atoms with van der Waals surface area (Å²) in [5, 5.41) is 8.55. The average molecular weight is 293 g/mol. The highest BCUT2D eigenvalue weighted by molar-refractivity contribution is 7.90. The van der Waals surface area contributed by atoms with E-state index in [0.29, 0.717) is 0 Å². The van der Waals surface area contributed by atoms with Crippen LogP contribution in [0.2, 0.25) is 5.02 Å². The molecule has 0 aliphatic heterocycles. The molecule has 98 valence electrons. The Labute approximate surface area is 108 Å². The molecule has 0 unspecified atom stereocenters. The lowest BCUT2D eigenvalue weighted by Gasteiger charge is -2.08. The van der Waals surface area contributed by atoms with Gasteiger partial charge in [0, 0.05) is 0 Å². The Bertz CT molecular complexity index is 599. The predicted molar refractivity (Wildman–Crippen MR) is 62.8 cm³/mol. The number of nitrogens with two attached hydrogens (primary N) is 1. The first-order valence-corrected chi connectivity index (χ1v) is 6.42. The van der Waals surface area contributed by atoms with Gasteiger partial charge in [0.15, 0.2) is 0 Å². The van der Waals surface area contributed by atoms with Crippen LogP contribution in [-0.2, 0) is 14.8 Å². The first-order valence-electron chi connectivity index (χ1n) is 4.56. The van der Waals surface area contributed by atoms with Gasteiger partial charge in [0.2, 0.25) is 5.91 Å². The molecule has 1 aromatic rings. The lowest BCUT2D eigenvalue weighted by atomic mass is 10.2. The van der Waals surface area contributed by atoms with Crippen molar-refractivity contribution in [3.05, 3.63) is 28.8 Å². The minimum absolute atomic E-state index is 0.197. The number of carbonyl (C=O) groups is 2. The van der Waals surface area contributed by atoms with Crippen molar-refractivity contribution in [1.29, 1.82) is 0 Å². The number of hydrogen-bond donors (Lipinski definition) is 3. The van der Waals surface area contributed by atoms with Crippen molar-refractivity contribution < 1.29 is 23.1 Å². The van der Waals surface area contributed by atoms with E-state index in [4.69, 9.17) is 22.4 Å². The van der Waals surface area contributed by atoms with Crippen LogP contribution < -0.4 is 10.5 Å². The average Bonchev–Trinajstić information content (AvgIpc) is 2.28. The Kier molecular flexibility index (Phi) is 4.28. The zero-order valence-corrected chi connectivity index (χ0v) is 10.5. The van der Waals surface area contributed by atoms with Crippen molar-refractivity contribution in [2.75, 3.05) is 6.54 Å². The molecular weight excluding hydrogens is 284 g/mol. The molecule has 0 aromatic heterocycles. The Morgan fingerprint density at radius 1 is 1.39 bits per heavy atom. The van der Waals surface area contributed by atoms with E-state index in [-0.39, 0.29) is 10.6 Å². The summed E-state index contributed by atoms with van der Waals surface area (Å²) < 4.78 is 25.1. The van der Waals surface area contributed by atoms with Crippen molar-refractivity contribution in [3.63, 3.8) is 0 Å². The van der Waals surface area contributed by atoms with Gasteiger partial charge in [-0.05, 0) is 18.2 Å². The molecule has 4 N–H and O–H groups in total. The van der Waals surface area contributed by atoms with Crippen LogP contribution in [-0.4, -0.2) is 31.9 Å². The summed E-state index contributed by atoms with van der Waals surface area (Å²) in [6, 6.07) is 3.12. The van der Waals surface area contributed by atoms with Crippen LogP contribution in [0.1, 0.15) is 10.4 Å². The number of carboxylic acids is 1. The Morgan fingerprint density at radius 2 is 2.00 bits per heavy atom. The van der Waals surface area contributed by atoms with Crippen LogP contribution in [0.3, 0.4) is 0 Å². The van der Waals surface area contributed by atoms with E-state index >= 15 is 0 Å². The second-order valence-corrected chi connectivity index (χ2v) is 5.24. The molecule has 7 nitrogen and oxygen atoms in total. The molecule has 0 saturated heterocycles. The lowest BCUT2D eigenvalue weighted by Crippen LogP contribution is -2.35. The van der Waals surface area contributed by atoms with E-state index in [2.05, 4.69) is 0 Å². The zero-order chi connectivity index (χ0) is 13.9. The zero-order valence-electron chi connectivity index (χ0n) is 8.88. The van der Waals surface area contributed by atoms with E-state index in [1.165, 1.54) is 0 Å². The van der Waals surface area contributed by atoms with Crippen LogP contribution in [0.4, 0.5) is 0 Å². The van der Waals surface area contributed by atoms with Gasteiger partial charge in [-0.2, -0.15) is 0 Å². The summed E-state index contributed by atoms with van der Waals surface area (Å²) >= 11 is 5.66. The van der Waals surface area contributed by atoms with E-state index in [1.807, 2.05) is 0 Å². The van der Waals surface area contributed by atoms with Crippen molar-refractivity contribution >= 4 is 33.5 Å². The van der Waals surface area contributed by atoms with Crippen LogP contribution in [0.5, 0.6) is 0 Å². The highest BCUT2D eigenvalue weighted by Gasteiger charge is 2.21. The van der Waals surface area contributed by atoms with Gasteiger partial charge in [-0.25, -0.2) is 17.9 Å². The van der Waals surface area contributed by atoms with E-state index < -0.39 is 33.3 Å². The number of hydrogen-bond acceptors (Lipinski definition) is 5. The van der Waals surface area contributed by atoms with Gasteiger partial charge in [-0.15, -0.1) is 0 Å². The summed E-state index contributed by atoms with van der Waals surface area (Å²) in [6.45, 7) is -0.518. The van der Waals surface area contributed by atoms with Gasteiger partial charge < -0.3 is 10.8 Å². The fourth-order valence-electron chi connectivity index (χ4n) is 1.09. The standard InChI is InChI=1S/C9H9ClN2O5S/c10-6-2-1-5(9(14)15)3-7(6)18(16,17)12-8(13)4-11/h1-3H,4,11H2,(H,12,13)(H,14,15). The fraction of sp³-hybridized carbons (Fsp3) is 0.111. The third-order valence-electron chi connectivity index (χ3n) is 1.90. The van der Waals surface area contributed by atoms with Gasteiger partial charge >= 0.3 is 5.97 Å². The Morgan fingerprint density at radius 3 is 2.50 bits per heavy atom. The number of sulfonamides is 1. The van der Waals surface area contributed by atoms with Gasteiger partial charge in [0.05, 0.1) is 17.1 Å². The lowest BCUT2D eigenvalue weighted by molar-refractivity contribution is -0.118. The number of carbonyl (C=O) groups excluding carboxylic acids is 1. The number of aromatic carboxylic acids is 1. The van der Waals surface area contributed by atoms with E-state index in [0.717, 1.165) is 18.2 Å². The normalized spacial score (nSPS) is 11.0.